The molecule has 5 nitrogen and oxygen atoms in total. The standard InChI is InChI=1S/C14H18Cl2N2O3S/c1-22(20,21)9-10-3-2-4-18(8-10)14(19)17-13-6-11(15)5-12(16)7-13/h5-7,10H,2-4,8-9H2,1H3,(H,17,19). The zero-order valence-electron chi connectivity index (χ0n) is 12.2. The van der Waals surface area contributed by atoms with Crippen molar-refractivity contribution >= 4 is 44.8 Å². The first kappa shape index (κ1) is 17.4. The molecular weight excluding hydrogens is 347 g/mol. The summed E-state index contributed by atoms with van der Waals surface area (Å²) in [6.45, 7) is 1.05. The zero-order chi connectivity index (χ0) is 16.3. The van der Waals surface area contributed by atoms with Crippen molar-refractivity contribution in [2.45, 2.75) is 12.8 Å². The highest BCUT2D eigenvalue weighted by atomic mass is 35.5. The van der Waals surface area contributed by atoms with Crippen molar-refractivity contribution in [3.63, 3.8) is 0 Å². The van der Waals surface area contributed by atoms with Gasteiger partial charge in [0.25, 0.3) is 0 Å². The van der Waals surface area contributed by atoms with Gasteiger partial charge in [0.1, 0.15) is 9.84 Å². The Hall–Kier alpha value is -0.980. The lowest BCUT2D eigenvalue weighted by molar-refractivity contribution is 0.183. The van der Waals surface area contributed by atoms with Gasteiger partial charge in [0.15, 0.2) is 0 Å². The molecule has 0 spiro atoms. The summed E-state index contributed by atoms with van der Waals surface area (Å²) < 4.78 is 22.8. The van der Waals surface area contributed by atoms with Crippen LogP contribution in [0.25, 0.3) is 0 Å². The number of hydrogen-bond donors (Lipinski definition) is 1. The first-order chi connectivity index (χ1) is 10.2. The van der Waals surface area contributed by atoms with Crippen LogP contribution in [0.3, 0.4) is 0 Å². The minimum atomic E-state index is -3.04. The molecule has 2 rings (SSSR count). The van der Waals surface area contributed by atoms with Gasteiger partial charge in [-0.2, -0.15) is 0 Å². The molecule has 0 aromatic heterocycles. The fraction of sp³-hybridized carbons (Fsp3) is 0.500. The second-order valence-electron chi connectivity index (χ2n) is 5.63. The predicted molar refractivity (Wildman–Crippen MR) is 89.5 cm³/mol. The van der Waals surface area contributed by atoms with Crippen molar-refractivity contribution < 1.29 is 13.2 Å². The van der Waals surface area contributed by atoms with E-state index in [9.17, 15) is 13.2 Å². The maximum Gasteiger partial charge on any atom is 0.321 e. The molecule has 2 amide bonds. The molecule has 1 aliphatic rings. The number of carbonyl (C=O) groups is 1. The molecule has 1 aromatic rings. The number of hydrogen-bond acceptors (Lipinski definition) is 3. The molecule has 122 valence electrons. The number of rotatable bonds is 3. The van der Waals surface area contributed by atoms with E-state index in [1.165, 1.54) is 6.26 Å². The van der Waals surface area contributed by atoms with E-state index in [2.05, 4.69) is 5.32 Å². The molecule has 1 saturated heterocycles. The van der Waals surface area contributed by atoms with Gasteiger partial charge in [-0.15, -0.1) is 0 Å². The van der Waals surface area contributed by atoms with E-state index >= 15 is 0 Å². The summed E-state index contributed by atoms with van der Waals surface area (Å²) in [6.07, 6.45) is 2.84. The number of halogens is 2. The fourth-order valence-corrected chi connectivity index (χ4v) is 4.30. The van der Waals surface area contributed by atoms with Crippen LogP contribution in [0.1, 0.15) is 12.8 Å². The van der Waals surface area contributed by atoms with E-state index < -0.39 is 9.84 Å². The molecule has 1 heterocycles. The topological polar surface area (TPSA) is 66.5 Å². The van der Waals surface area contributed by atoms with E-state index in [0.29, 0.717) is 28.8 Å². The molecule has 1 atom stereocenters. The number of piperidine rings is 1. The molecule has 0 saturated carbocycles. The Kier molecular flexibility index (Phi) is 5.58. The predicted octanol–water partition coefficient (Wildman–Crippen LogP) is 3.28. The Morgan fingerprint density at radius 1 is 1.32 bits per heavy atom. The quantitative estimate of drug-likeness (QED) is 0.894. The van der Waals surface area contributed by atoms with Crippen LogP contribution < -0.4 is 5.32 Å². The number of nitrogens with zero attached hydrogens (tertiary/aromatic N) is 1. The maximum atomic E-state index is 12.3. The van der Waals surface area contributed by atoms with Crippen molar-refractivity contribution in [2.75, 3.05) is 30.4 Å². The van der Waals surface area contributed by atoms with Crippen LogP contribution in [-0.4, -0.2) is 44.4 Å². The van der Waals surface area contributed by atoms with Crippen LogP contribution in [0.15, 0.2) is 18.2 Å². The van der Waals surface area contributed by atoms with Crippen LogP contribution in [0.2, 0.25) is 10.0 Å². The summed E-state index contributed by atoms with van der Waals surface area (Å²) in [5, 5.41) is 3.63. The van der Waals surface area contributed by atoms with E-state index in [1.54, 1.807) is 23.1 Å². The van der Waals surface area contributed by atoms with Gasteiger partial charge in [0.2, 0.25) is 0 Å². The SMILES string of the molecule is CS(=O)(=O)CC1CCCN(C(=O)Nc2cc(Cl)cc(Cl)c2)C1. The third kappa shape index (κ3) is 5.34. The summed E-state index contributed by atoms with van der Waals surface area (Å²) in [5.74, 6) is 0.0946. The highest BCUT2D eigenvalue weighted by molar-refractivity contribution is 7.90. The average Bonchev–Trinajstić information content (AvgIpc) is 2.35. The molecule has 1 N–H and O–H groups in total. The molecule has 0 aliphatic carbocycles. The zero-order valence-corrected chi connectivity index (χ0v) is 14.5. The Labute approximate surface area is 140 Å². The Balaban J connectivity index is 1.99. The van der Waals surface area contributed by atoms with E-state index in [4.69, 9.17) is 23.2 Å². The Morgan fingerprint density at radius 3 is 2.55 bits per heavy atom. The first-order valence-corrected chi connectivity index (χ1v) is 9.74. The molecule has 0 radical (unpaired) electrons. The molecule has 0 bridgehead atoms. The van der Waals surface area contributed by atoms with Crippen molar-refractivity contribution in [2.24, 2.45) is 5.92 Å². The largest absolute Gasteiger partial charge is 0.324 e. The normalized spacial score (nSPS) is 19.0. The number of likely N-dealkylation sites (tertiary alicyclic amines) is 1. The minimum absolute atomic E-state index is 0.0163. The molecule has 8 heteroatoms. The van der Waals surface area contributed by atoms with Gasteiger partial charge in [-0.25, -0.2) is 13.2 Å². The van der Waals surface area contributed by atoms with Crippen molar-refractivity contribution in [1.29, 1.82) is 0 Å². The molecule has 1 fully saturated rings. The highest BCUT2D eigenvalue weighted by Gasteiger charge is 2.26. The first-order valence-electron chi connectivity index (χ1n) is 6.93. The number of benzene rings is 1. The van der Waals surface area contributed by atoms with E-state index in [1.807, 2.05) is 0 Å². The highest BCUT2D eigenvalue weighted by Crippen LogP contribution is 2.24. The third-order valence-electron chi connectivity index (χ3n) is 3.46. The number of anilines is 1. The van der Waals surface area contributed by atoms with Gasteiger partial charge in [-0.05, 0) is 37.0 Å². The fourth-order valence-electron chi connectivity index (χ4n) is 2.64. The summed E-state index contributed by atoms with van der Waals surface area (Å²) in [7, 11) is -3.04. The van der Waals surface area contributed by atoms with Crippen LogP contribution in [-0.2, 0) is 9.84 Å². The second-order valence-corrected chi connectivity index (χ2v) is 8.69. The Bertz CT molecular complexity index is 644. The van der Waals surface area contributed by atoms with Gasteiger partial charge < -0.3 is 10.2 Å². The van der Waals surface area contributed by atoms with Crippen LogP contribution in [0.4, 0.5) is 10.5 Å². The molecule has 1 aliphatic heterocycles. The summed E-state index contributed by atoms with van der Waals surface area (Å²) in [6, 6.07) is 4.55. The summed E-state index contributed by atoms with van der Waals surface area (Å²) >= 11 is 11.8. The number of nitrogens with one attached hydrogen (secondary N) is 1. The number of sulfone groups is 1. The van der Waals surface area contributed by atoms with Crippen molar-refractivity contribution in [1.82, 2.24) is 4.90 Å². The third-order valence-corrected chi connectivity index (χ3v) is 4.97. The second kappa shape index (κ2) is 7.06. The average molecular weight is 365 g/mol. The van der Waals surface area contributed by atoms with Crippen LogP contribution >= 0.6 is 23.2 Å². The van der Waals surface area contributed by atoms with Crippen molar-refractivity contribution in [3.05, 3.63) is 28.2 Å². The lowest BCUT2D eigenvalue weighted by Crippen LogP contribution is -2.43. The molecular formula is C14H18Cl2N2O3S. The number of urea groups is 1. The maximum absolute atomic E-state index is 12.3. The van der Waals surface area contributed by atoms with Crippen LogP contribution in [0.5, 0.6) is 0 Å². The molecule has 22 heavy (non-hydrogen) atoms. The molecule has 1 aromatic carbocycles. The van der Waals surface area contributed by atoms with Gasteiger partial charge >= 0.3 is 6.03 Å². The number of carbonyl (C=O) groups excluding carboxylic acids is 1. The van der Waals surface area contributed by atoms with Gasteiger partial charge in [-0.1, -0.05) is 23.2 Å². The summed E-state index contributed by atoms with van der Waals surface area (Å²) in [5.41, 5.74) is 0.521. The lowest BCUT2D eigenvalue weighted by Gasteiger charge is -2.32. The monoisotopic (exact) mass is 364 g/mol. The van der Waals surface area contributed by atoms with Gasteiger partial charge in [-0.3, -0.25) is 0 Å². The van der Waals surface area contributed by atoms with Crippen LogP contribution in [0, 0.1) is 5.92 Å². The van der Waals surface area contributed by atoms with Gasteiger partial charge in [0, 0.05) is 35.1 Å². The van der Waals surface area contributed by atoms with Crippen molar-refractivity contribution in [3.8, 4) is 0 Å². The Morgan fingerprint density at radius 2 is 1.95 bits per heavy atom. The van der Waals surface area contributed by atoms with E-state index in [0.717, 1.165) is 12.8 Å². The molecule has 1 unspecified atom stereocenters. The minimum Gasteiger partial charge on any atom is -0.324 e. The smallest absolute Gasteiger partial charge is 0.321 e. The lowest BCUT2D eigenvalue weighted by atomic mass is 10.0. The van der Waals surface area contributed by atoms with Gasteiger partial charge in [0.05, 0.1) is 5.75 Å². The summed E-state index contributed by atoms with van der Waals surface area (Å²) in [4.78, 5) is 13.9. The van der Waals surface area contributed by atoms with E-state index in [-0.39, 0.29) is 17.7 Å². The number of amides is 2.